The smallest absolute Gasteiger partial charge is 0.329 e. The van der Waals surface area contributed by atoms with Crippen molar-refractivity contribution >= 4 is 35.3 Å². The van der Waals surface area contributed by atoms with E-state index >= 15 is 0 Å². The molecule has 10 nitrogen and oxygen atoms in total. The van der Waals surface area contributed by atoms with Crippen molar-refractivity contribution in [3.8, 4) is 5.75 Å². The monoisotopic (exact) mass is 410 g/mol. The zero-order chi connectivity index (χ0) is 21.7. The molecule has 0 unspecified atom stereocenters. The molecule has 2 N–H and O–H groups in total. The number of hydrogen-bond donors (Lipinski definition) is 2. The van der Waals surface area contributed by atoms with Crippen LogP contribution in [0, 0.1) is 10.1 Å². The van der Waals surface area contributed by atoms with Crippen molar-refractivity contribution in [3.05, 3.63) is 69.9 Å². The summed E-state index contributed by atoms with van der Waals surface area (Å²) >= 11 is 0. The lowest BCUT2D eigenvalue weighted by Gasteiger charge is -2.12. The summed E-state index contributed by atoms with van der Waals surface area (Å²) in [5.41, 5.74) is 0.872. The number of urea groups is 1. The Bertz CT molecular complexity index is 1010. The Kier molecular flexibility index (Phi) is 6.06. The third-order valence-electron chi connectivity index (χ3n) is 4.13. The topological polar surface area (TPSA) is 131 Å². The van der Waals surface area contributed by atoms with Gasteiger partial charge in [0.2, 0.25) is 5.91 Å². The number of nitrogens with one attached hydrogen (secondary N) is 2. The van der Waals surface area contributed by atoms with Crippen LogP contribution in [0.15, 0.2) is 54.2 Å². The first-order valence-electron chi connectivity index (χ1n) is 8.99. The fraction of sp³-hybridized carbons (Fsp3) is 0.150. The van der Waals surface area contributed by atoms with Gasteiger partial charge in [0.05, 0.1) is 11.5 Å². The maximum atomic E-state index is 12.5. The quantitative estimate of drug-likeness (QED) is 0.312. The number of benzene rings is 2. The number of rotatable bonds is 7. The second kappa shape index (κ2) is 8.86. The van der Waals surface area contributed by atoms with E-state index in [0.29, 0.717) is 23.6 Å². The van der Waals surface area contributed by atoms with Crippen LogP contribution >= 0.6 is 0 Å². The lowest BCUT2D eigenvalue weighted by atomic mass is 10.1. The van der Waals surface area contributed by atoms with Gasteiger partial charge >= 0.3 is 6.03 Å². The van der Waals surface area contributed by atoms with Crippen LogP contribution in [0.4, 0.5) is 16.2 Å². The molecule has 0 saturated carbocycles. The number of hydrogen-bond acceptors (Lipinski definition) is 6. The summed E-state index contributed by atoms with van der Waals surface area (Å²) in [7, 11) is 0. The summed E-state index contributed by atoms with van der Waals surface area (Å²) < 4.78 is 5.32. The van der Waals surface area contributed by atoms with Gasteiger partial charge in [-0.3, -0.25) is 19.7 Å². The molecule has 0 aromatic heterocycles. The number of anilines is 1. The summed E-state index contributed by atoms with van der Waals surface area (Å²) in [6.45, 7) is 1.92. The standard InChI is InChI=1S/C20H18N4O6/c1-2-30-16-9-5-14(6-10-16)21-18(25)12-23-19(26)17(22-20(23)27)11-13-3-7-15(8-4-13)24(28)29/h3-11H,2,12H2,1H3,(H,21,25)(H,22,27)/b17-11-. The number of carbonyl (C=O) groups is 3. The maximum absolute atomic E-state index is 12.5. The fourth-order valence-corrected chi connectivity index (χ4v) is 2.72. The van der Waals surface area contributed by atoms with Crippen LogP contribution in [-0.2, 0) is 9.59 Å². The molecular formula is C20H18N4O6. The number of non-ortho nitro benzene ring substituents is 1. The van der Waals surface area contributed by atoms with Crippen molar-refractivity contribution in [3.63, 3.8) is 0 Å². The molecular weight excluding hydrogens is 392 g/mol. The molecule has 4 amide bonds. The number of nitrogens with zero attached hydrogens (tertiary/aromatic N) is 2. The number of ether oxygens (including phenoxy) is 1. The molecule has 1 aliphatic rings. The lowest BCUT2D eigenvalue weighted by molar-refractivity contribution is -0.384. The highest BCUT2D eigenvalue weighted by Crippen LogP contribution is 2.18. The Morgan fingerprint density at radius 1 is 1.17 bits per heavy atom. The second-order valence-corrected chi connectivity index (χ2v) is 6.23. The Balaban J connectivity index is 1.64. The maximum Gasteiger partial charge on any atom is 0.329 e. The van der Waals surface area contributed by atoms with E-state index in [2.05, 4.69) is 10.6 Å². The molecule has 3 rings (SSSR count). The molecule has 10 heteroatoms. The van der Waals surface area contributed by atoms with Gasteiger partial charge in [-0.2, -0.15) is 0 Å². The van der Waals surface area contributed by atoms with Gasteiger partial charge in [0.15, 0.2) is 0 Å². The minimum atomic E-state index is -0.727. The molecule has 2 aromatic rings. The number of amides is 4. The average molecular weight is 410 g/mol. The molecule has 1 aliphatic heterocycles. The summed E-state index contributed by atoms with van der Waals surface area (Å²) in [5, 5.41) is 15.7. The van der Waals surface area contributed by atoms with Crippen molar-refractivity contribution < 1.29 is 24.0 Å². The van der Waals surface area contributed by atoms with E-state index in [9.17, 15) is 24.5 Å². The summed E-state index contributed by atoms with van der Waals surface area (Å²) in [6, 6.07) is 11.4. The Labute approximate surface area is 171 Å². The Hall–Kier alpha value is -4.21. The normalized spacial score (nSPS) is 14.6. The van der Waals surface area contributed by atoms with Crippen LogP contribution in [0.2, 0.25) is 0 Å². The van der Waals surface area contributed by atoms with E-state index in [4.69, 9.17) is 4.74 Å². The highest BCUT2D eigenvalue weighted by Gasteiger charge is 2.34. The number of carbonyl (C=O) groups excluding carboxylic acids is 3. The Morgan fingerprint density at radius 2 is 1.83 bits per heavy atom. The zero-order valence-corrected chi connectivity index (χ0v) is 16.0. The van der Waals surface area contributed by atoms with Crippen LogP contribution in [0.3, 0.4) is 0 Å². The predicted octanol–water partition coefficient (Wildman–Crippen LogP) is 2.52. The molecule has 0 atom stereocenters. The molecule has 0 bridgehead atoms. The third-order valence-corrected chi connectivity index (χ3v) is 4.13. The number of nitro groups is 1. The third kappa shape index (κ3) is 4.79. The van der Waals surface area contributed by atoms with E-state index in [-0.39, 0.29) is 11.4 Å². The van der Waals surface area contributed by atoms with E-state index in [1.165, 1.54) is 30.3 Å². The minimum Gasteiger partial charge on any atom is -0.494 e. The molecule has 0 spiro atoms. The SMILES string of the molecule is CCOc1ccc(NC(=O)CN2C(=O)N/C(=C\c3ccc([N+](=O)[O-])cc3)C2=O)cc1. The Morgan fingerprint density at radius 3 is 2.43 bits per heavy atom. The second-order valence-electron chi connectivity index (χ2n) is 6.23. The summed E-state index contributed by atoms with van der Waals surface area (Å²) in [5.74, 6) is -0.551. The van der Waals surface area contributed by atoms with Gasteiger partial charge < -0.3 is 15.4 Å². The zero-order valence-electron chi connectivity index (χ0n) is 16.0. The van der Waals surface area contributed by atoms with Gasteiger partial charge in [0, 0.05) is 17.8 Å². The molecule has 30 heavy (non-hydrogen) atoms. The first-order valence-corrected chi connectivity index (χ1v) is 8.99. The first-order chi connectivity index (χ1) is 14.4. The highest BCUT2D eigenvalue weighted by atomic mass is 16.6. The minimum absolute atomic E-state index is 0.0253. The fourth-order valence-electron chi connectivity index (χ4n) is 2.72. The summed E-state index contributed by atoms with van der Waals surface area (Å²) in [4.78, 5) is 47.8. The molecule has 0 radical (unpaired) electrons. The van der Waals surface area contributed by atoms with Gasteiger partial charge in [-0.1, -0.05) is 0 Å². The molecule has 2 aromatic carbocycles. The number of nitro benzene ring substituents is 1. The van der Waals surface area contributed by atoms with Crippen LogP contribution in [0.1, 0.15) is 12.5 Å². The first kappa shape index (κ1) is 20.5. The van der Waals surface area contributed by atoms with E-state index in [0.717, 1.165) is 4.90 Å². The molecule has 154 valence electrons. The van der Waals surface area contributed by atoms with Gasteiger partial charge in [0.25, 0.3) is 11.6 Å². The van der Waals surface area contributed by atoms with Crippen LogP contribution in [-0.4, -0.2) is 40.8 Å². The van der Waals surface area contributed by atoms with Crippen molar-refractivity contribution in [2.24, 2.45) is 0 Å². The largest absolute Gasteiger partial charge is 0.494 e. The van der Waals surface area contributed by atoms with Crippen LogP contribution in [0.25, 0.3) is 6.08 Å². The van der Waals surface area contributed by atoms with Crippen LogP contribution < -0.4 is 15.4 Å². The van der Waals surface area contributed by atoms with Gasteiger partial charge in [-0.05, 0) is 55.0 Å². The average Bonchev–Trinajstić information content (AvgIpc) is 2.97. The molecule has 1 heterocycles. The van der Waals surface area contributed by atoms with Crippen LogP contribution in [0.5, 0.6) is 5.75 Å². The lowest BCUT2D eigenvalue weighted by Crippen LogP contribution is -2.38. The van der Waals surface area contributed by atoms with Crippen molar-refractivity contribution in [1.29, 1.82) is 0 Å². The van der Waals surface area contributed by atoms with Crippen molar-refractivity contribution in [1.82, 2.24) is 10.2 Å². The predicted molar refractivity (Wildman–Crippen MR) is 108 cm³/mol. The van der Waals surface area contributed by atoms with Crippen molar-refractivity contribution in [2.45, 2.75) is 6.92 Å². The van der Waals surface area contributed by atoms with Gasteiger partial charge in [-0.25, -0.2) is 9.69 Å². The molecule has 0 aliphatic carbocycles. The van der Waals surface area contributed by atoms with E-state index in [1.54, 1.807) is 24.3 Å². The summed E-state index contributed by atoms with van der Waals surface area (Å²) in [6.07, 6.45) is 1.38. The molecule has 1 saturated heterocycles. The van der Waals surface area contributed by atoms with E-state index in [1.807, 2.05) is 6.92 Å². The van der Waals surface area contributed by atoms with Gasteiger partial charge in [0.1, 0.15) is 18.0 Å². The molecule has 1 fully saturated rings. The highest BCUT2D eigenvalue weighted by molar-refractivity contribution is 6.15. The van der Waals surface area contributed by atoms with Crippen molar-refractivity contribution in [2.75, 3.05) is 18.5 Å². The number of imide groups is 1. The van der Waals surface area contributed by atoms with Gasteiger partial charge in [-0.15, -0.1) is 0 Å². The van der Waals surface area contributed by atoms with E-state index < -0.39 is 29.3 Å².